The summed E-state index contributed by atoms with van der Waals surface area (Å²) in [6.45, 7) is 0. The Morgan fingerprint density at radius 2 is 1.90 bits per heavy atom. The maximum atomic E-state index is 12.2. The Balaban J connectivity index is 2.19. The summed E-state index contributed by atoms with van der Waals surface area (Å²) < 4.78 is 41.0. The van der Waals surface area contributed by atoms with E-state index in [4.69, 9.17) is 11.6 Å². The average Bonchev–Trinajstić information content (AvgIpc) is 2.77. The van der Waals surface area contributed by atoms with Gasteiger partial charge in [0.25, 0.3) is 5.91 Å². The van der Waals surface area contributed by atoms with Gasteiger partial charge in [0.05, 0.1) is 14.9 Å². The number of hydrogen-bond acceptors (Lipinski definition) is 3. The molecule has 0 spiro atoms. The largest absolute Gasteiger partial charge is 0.573 e. The summed E-state index contributed by atoms with van der Waals surface area (Å²) in [5.41, 5.74) is -0.0700. The first-order valence-corrected chi connectivity index (χ1v) is 6.46. The van der Waals surface area contributed by atoms with Gasteiger partial charge in [-0.1, -0.05) is 23.7 Å². The van der Waals surface area contributed by atoms with Crippen molar-refractivity contribution in [1.82, 2.24) is 0 Å². The summed E-state index contributed by atoms with van der Waals surface area (Å²) in [7, 11) is 0. The maximum absolute atomic E-state index is 12.2. The van der Waals surface area contributed by atoms with Crippen LogP contribution in [-0.4, -0.2) is 12.3 Å². The molecule has 0 aliphatic heterocycles. The third-order valence-corrected chi connectivity index (χ3v) is 3.39. The van der Waals surface area contributed by atoms with Gasteiger partial charge in [0.15, 0.2) is 5.75 Å². The molecule has 0 atom stereocenters. The molecule has 0 unspecified atom stereocenters. The molecule has 106 valence electrons. The number of para-hydroxylation sites is 2. The lowest BCUT2D eigenvalue weighted by molar-refractivity contribution is -0.274. The second kappa shape index (κ2) is 5.72. The number of amides is 1. The zero-order chi connectivity index (χ0) is 14.8. The first kappa shape index (κ1) is 14.7. The van der Waals surface area contributed by atoms with Gasteiger partial charge in [-0.15, -0.1) is 24.5 Å². The highest BCUT2D eigenvalue weighted by Crippen LogP contribution is 2.31. The molecule has 1 N–H and O–H groups in total. The Morgan fingerprint density at radius 1 is 1.20 bits per heavy atom. The molecule has 0 fully saturated rings. The lowest BCUT2D eigenvalue weighted by atomic mass is 10.3. The van der Waals surface area contributed by atoms with Crippen LogP contribution in [0.5, 0.6) is 5.75 Å². The molecule has 1 heterocycles. The number of benzene rings is 1. The van der Waals surface area contributed by atoms with Gasteiger partial charge >= 0.3 is 6.36 Å². The Morgan fingerprint density at radius 3 is 2.50 bits per heavy atom. The molecular weight excluding hydrogens is 315 g/mol. The lowest BCUT2D eigenvalue weighted by Crippen LogP contribution is -2.19. The standard InChI is InChI=1S/C12H7ClF3NO2S/c13-10-6-5-9(20-10)11(18)17-7-3-1-2-4-8(7)19-12(14,15)16/h1-6H,(H,17,18). The number of halogens is 4. The second-order valence-electron chi connectivity index (χ2n) is 3.60. The van der Waals surface area contributed by atoms with E-state index in [0.717, 1.165) is 17.4 Å². The molecule has 1 aromatic heterocycles. The minimum atomic E-state index is -4.83. The maximum Gasteiger partial charge on any atom is 0.573 e. The number of carbonyl (C=O) groups excluding carboxylic acids is 1. The van der Waals surface area contributed by atoms with Gasteiger partial charge in [-0.2, -0.15) is 0 Å². The Kier molecular flexibility index (Phi) is 4.20. The zero-order valence-electron chi connectivity index (χ0n) is 9.70. The third kappa shape index (κ3) is 3.88. The van der Waals surface area contributed by atoms with Gasteiger partial charge < -0.3 is 10.1 Å². The number of nitrogens with one attached hydrogen (secondary N) is 1. The number of carbonyl (C=O) groups is 1. The van der Waals surface area contributed by atoms with Gasteiger partial charge in [0.2, 0.25) is 0 Å². The van der Waals surface area contributed by atoms with Crippen molar-refractivity contribution in [2.75, 3.05) is 5.32 Å². The summed E-state index contributed by atoms with van der Waals surface area (Å²) in [6.07, 6.45) is -4.83. The zero-order valence-corrected chi connectivity index (χ0v) is 11.3. The van der Waals surface area contributed by atoms with E-state index in [9.17, 15) is 18.0 Å². The van der Waals surface area contributed by atoms with E-state index in [1.165, 1.54) is 30.3 Å². The van der Waals surface area contributed by atoms with E-state index in [-0.39, 0.29) is 10.6 Å². The normalized spacial score (nSPS) is 11.2. The van der Waals surface area contributed by atoms with E-state index in [2.05, 4.69) is 10.1 Å². The SMILES string of the molecule is O=C(Nc1ccccc1OC(F)(F)F)c1ccc(Cl)s1. The van der Waals surface area contributed by atoms with Gasteiger partial charge in [-0.3, -0.25) is 4.79 Å². The second-order valence-corrected chi connectivity index (χ2v) is 5.32. The quantitative estimate of drug-likeness (QED) is 0.900. The van der Waals surface area contributed by atoms with Gasteiger partial charge in [-0.25, -0.2) is 0 Å². The van der Waals surface area contributed by atoms with Crippen LogP contribution in [0.25, 0.3) is 0 Å². The Hall–Kier alpha value is -1.73. The molecule has 2 aromatic rings. The van der Waals surface area contributed by atoms with Crippen molar-refractivity contribution in [3.63, 3.8) is 0 Å². The predicted octanol–water partition coefficient (Wildman–Crippen LogP) is 4.55. The molecule has 20 heavy (non-hydrogen) atoms. The summed E-state index contributed by atoms with van der Waals surface area (Å²) in [6, 6.07) is 8.30. The van der Waals surface area contributed by atoms with Crippen molar-refractivity contribution in [3.05, 3.63) is 45.6 Å². The van der Waals surface area contributed by atoms with Gasteiger partial charge in [0.1, 0.15) is 0 Å². The molecule has 2 rings (SSSR count). The number of thiophene rings is 1. The highest BCUT2D eigenvalue weighted by Gasteiger charge is 2.32. The molecule has 0 saturated carbocycles. The molecule has 1 aromatic carbocycles. The summed E-state index contributed by atoms with van der Waals surface area (Å²) in [4.78, 5) is 12.1. The molecule has 0 aliphatic carbocycles. The van der Waals surface area contributed by atoms with Crippen molar-refractivity contribution in [1.29, 1.82) is 0 Å². The first-order valence-electron chi connectivity index (χ1n) is 5.26. The van der Waals surface area contributed by atoms with E-state index >= 15 is 0 Å². The molecule has 8 heteroatoms. The van der Waals surface area contributed by atoms with Crippen LogP contribution in [0.4, 0.5) is 18.9 Å². The fraction of sp³-hybridized carbons (Fsp3) is 0.0833. The summed E-state index contributed by atoms with van der Waals surface area (Å²) in [5.74, 6) is -1.03. The molecule has 1 amide bonds. The number of anilines is 1. The fourth-order valence-electron chi connectivity index (χ4n) is 1.40. The van der Waals surface area contributed by atoms with Crippen molar-refractivity contribution >= 4 is 34.5 Å². The first-order chi connectivity index (χ1) is 9.35. The molecule has 0 bridgehead atoms. The lowest BCUT2D eigenvalue weighted by Gasteiger charge is -2.13. The van der Waals surface area contributed by atoms with Crippen LogP contribution in [-0.2, 0) is 0 Å². The van der Waals surface area contributed by atoms with E-state index in [1.54, 1.807) is 0 Å². The van der Waals surface area contributed by atoms with Crippen molar-refractivity contribution < 1.29 is 22.7 Å². The monoisotopic (exact) mass is 321 g/mol. The van der Waals surface area contributed by atoms with Gasteiger partial charge in [0, 0.05) is 0 Å². The number of rotatable bonds is 3. The molecule has 0 saturated heterocycles. The Bertz CT molecular complexity index is 627. The van der Waals surface area contributed by atoms with E-state index < -0.39 is 18.0 Å². The molecular formula is C12H7ClF3NO2S. The minimum Gasteiger partial charge on any atom is -0.404 e. The molecule has 3 nitrogen and oxygen atoms in total. The molecule has 0 aliphatic rings. The number of hydrogen-bond donors (Lipinski definition) is 1. The highest BCUT2D eigenvalue weighted by molar-refractivity contribution is 7.18. The van der Waals surface area contributed by atoms with Crippen LogP contribution in [0.3, 0.4) is 0 Å². The van der Waals surface area contributed by atoms with Crippen LogP contribution >= 0.6 is 22.9 Å². The number of alkyl halides is 3. The third-order valence-electron chi connectivity index (χ3n) is 2.16. The van der Waals surface area contributed by atoms with E-state index in [1.807, 2.05) is 0 Å². The summed E-state index contributed by atoms with van der Waals surface area (Å²) in [5, 5.41) is 2.35. The smallest absolute Gasteiger partial charge is 0.404 e. The average molecular weight is 322 g/mol. The van der Waals surface area contributed by atoms with Crippen molar-refractivity contribution in [3.8, 4) is 5.75 Å². The summed E-state index contributed by atoms with van der Waals surface area (Å²) >= 11 is 6.72. The van der Waals surface area contributed by atoms with Gasteiger partial charge in [-0.05, 0) is 24.3 Å². The van der Waals surface area contributed by atoms with Crippen LogP contribution in [0, 0.1) is 0 Å². The Labute approximate surface area is 120 Å². The minimum absolute atomic E-state index is 0.0700. The highest BCUT2D eigenvalue weighted by atomic mass is 35.5. The number of ether oxygens (including phenoxy) is 1. The predicted molar refractivity (Wildman–Crippen MR) is 70.4 cm³/mol. The van der Waals surface area contributed by atoms with Crippen LogP contribution in [0.2, 0.25) is 4.34 Å². The van der Waals surface area contributed by atoms with Crippen LogP contribution in [0.1, 0.15) is 9.67 Å². The molecule has 0 radical (unpaired) electrons. The topological polar surface area (TPSA) is 38.3 Å². The van der Waals surface area contributed by atoms with Crippen LogP contribution < -0.4 is 10.1 Å². The fourth-order valence-corrected chi connectivity index (χ4v) is 2.34. The van der Waals surface area contributed by atoms with Crippen molar-refractivity contribution in [2.24, 2.45) is 0 Å². The van der Waals surface area contributed by atoms with E-state index in [0.29, 0.717) is 4.34 Å². The van der Waals surface area contributed by atoms with Crippen molar-refractivity contribution in [2.45, 2.75) is 6.36 Å². The van der Waals surface area contributed by atoms with Crippen LogP contribution in [0.15, 0.2) is 36.4 Å².